The van der Waals surface area contributed by atoms with Crippen LogP contribution in [0.15, 0.2) is 66.7 Å². The van der Waals surface area contributed by atoms with E-state index < -0.39 is 0 Å². The van der Waals surface area contributed by atoms with Crippen molar-refractivity contribution in [2.75, 3.05) is 19.0 Å². The maximum absolute atomic E-state index is 2.28. The molecule has 0 spiro atoms. The highest BCUT2D eigenvalue weighted by Gasteiger charge is 2.30. The summed E-state index contributed by atoms with van der Waals surface area (Å²) in [5.41, 5.74) is 3.76. The van der Waals surface area contributed by atoms with Gasteiger partial charge in [-0.3, -0.25) is 0 Å². The van der Waals surface area contributed by atoms with Gasteiger partial charge in [0.1, 0.15) is 11.4 Å². The van der Waals surface area contributed by atoms with Crippen molar-refractivity contribution in [3.8, 4) is 0 Å². The number of hydrogen-bond donors (Lipinski definition) is 0. The van der Waals surface area contributed by atoms with Crippen LogP contribution in [0.2, 0.25) is 0 Å². The Balaban J connectivity index is 2.09. The Kier molecular flexibility index (Phi) is 2.58. The standard InChI is InChI=1S/C19H17N2/c1-20-16-12-6-10-14-11-7-13-17(18(14)16)21(2)19(20)15-8-4-3-5-9-15/h3-13H,1-2H3/q+1. The molecule has 3 aromatic carbocycles. The van der Waals surface area contributed by atoms with Crippen molar-refractivity contribution in [1.82, 2.24) is 0 Å². The fourth-order valence-electron chi connectivity index (χ4n) is 3.29. The van der Waals surface area contributed by atoms with Gasteiger partial charge < -0.3 is 0 Å². The van der Waals surface area contributed by atoms with Crippen LogP contribution < -0.4 is 4.90 Å². The van der Waals surface area contributed by atoms with Crippen LogP contribution in [-0.2, 0) is 0 Å². The molecule has 1 heterocycles. The molecule has 2 nitrogen and oxygen atoms in total. The summed E-state index contributed by atoms with van der Waals surface area (Å²) >= 11 is 0. The summed E-state index contributed by atoms with van der Waals surface area (Å²) in [6.07, 6.45) is 0. The van der Waals surface area contributed by atoms with Crippen molar-refractivity contribution in [3.63, 3.8) is 0 Å². The van der Waals surface area contributed by atoms with Gasteiger partial charge in [-0.1, -0.05) is 42.5 Å². The van der Waals surface area contributed by atoms with Gasteiger partial charge in [-0.15, -0.1) is 0 Å². The minimum atomic E-state index is 1.21. The number of anilines is 1. The normalized spacial score (nSPS) is 13.9. The highest BCUT2D eigenvalue weighted by atomic mass is 15.2. The van der Waals surface area contributed by atoms with Gasteiger partial charge in [0.2, 0.25) is 0 Å². The number of hydrogen-bond acceptors (Lipinski definition) is 1. The molecular formula is C19H17N2+. The highest BCUT2D eigenvalue weighted by molar-refractivity contribution is 6.15. The van der Waals surface area contributed by atoms with Crippen LogP contribution in [0.3, 0.4) is 0 Å². The molecule has 0 aliphatic carbocycles. The summed E-state index contributed by atoms with van der Waals surface area (Å²) in [6.45, 7) is 0. The number of amidine groups is 1. The van der Waals surface area contributed by atoms with Crippen LogP contribution >= 0.6 is 0 Å². The van der Waals surface area contributed by atoms with Crippen molar-refractivity contribution in [1.29, 1.82) is 0 Å². The summed E-state index contributed by atoms with van der Waals surface area (Å²) in [4.78, 5) is 2.28. The van der Waals surface area contributed by atoms with Gasteiger partial charge in [0.15, 0.2) is 0 Å². The van der Waals surface area contributed by atoms with Crippen molar-refractivity contribution in [3.05, 3.63) is 72.3 Å². The summed E-state index contributed by atoms with van der Waals surface area (Å²) in [6, 6.07) is 23.6. The van der Waals surface area contributed by atoms with Gasteiger partial charge in [-0.25, -0.2) is 9.48 Å². The largest absolute Gasteiger partial charge is 0.289 e. The molecule has 2 heteroatoms. The molecule has 0 unspecified atom stereocenters. The van der Waals surface area contributed by atoms with Crippen LogP contribution in [0.4, 0.5) is 11.4 Å². The van der Waals surface area contributed by atoms with Gasteiger partial charge in [0.05, 0.1) is 25.0 Å². The predicted molar refractivity (Wildman–Crippen MR) is 88.7 cm³/mol. The van der Waals surface area contributed by atoms with Crippen LogP contribution in [0.1, 0.15) is 5.56 Å². The molecule has 0 radical (unpaired) electrons. The number of rotatable bonds is 1. The third-order valence-electron chi connectivity index (χ3n) is 4.25. The van der Waals surface area contributed by atoms with Crippen LogP contribution in [-0.4, -0.2) is 24.5 Å². The third kappa shape index (κ3) is 1.69. The molecule has 21 heavy (non-hydrogen) atoms. The van der Waals surface area contributed by atoms with Crippen LogP contribution in [0.5, 0.6) is 0 Å². The van der Waals surface area contributed by atoms with Gasteiger partial charge in [0, 0.05) is 0 Å². The van der Waals surface area contributed by atoms with Gasteiger partial charge in [-0.05, 0) is 29.7 Å². The molecule has 1 aliphatic rings. The Bertz CT molecular complexity index is 858. The lowest BCUT2D eigenvalue weighted by molar-refractivity contribution is -0.404. The molecular weight excluding hydrogens is 256 g/mol. The maximum Gasteiger partial charge on any atom is 0.289 e. The van der Waals surface area contributed by atoms with E-state index in [1.807, 2.05) is 0 Å². The van der Waals surface area contributed by atoms with E-state index in [9.17, 15) is 0 Å². The summed E-state index contributed by atoms with van der Waals surface area (Å²) < 4.78 is 2.28. The zero-order chi connectivity index (χ0) is 14.4. The van der Waals surface area contributed by atoms with E-state index in [0.29, 0.717) is 0 Å². The van der Waals surface area contributed by atoms with E-state index >= 15 is 0 Å². The Labute approximate surface area is 124 Å². The van der Waals surface area contributed by atoms with E-state index in [1.54, 1.807) is 0 Å². The second-order valence-corrected chi connectivity index (χ2v) is 5.46. The van der Waals surface area contributed by atoms with Crippen molar-refractivity contribution in [2.24, 2.45) is 0 Å². The van der Waals surface area contributed by atoms with Crippen LogP contribution in [0.25, 0.3) is 10.8 Å². The average molecular weight is 273 g/mol. The molecule has 0 fully saturated rings. The molecule has 0 aromatic heterocycles. The quantitative estimate of drug-likeness (QED) is 0.607. The molecule has 0 saturated heterocycles. The van der Waals surface area contributed by atoms with Gasteiger partial charge in [-0.2, -0.15) is 0 Å². The van der Waals surface area contributed by atoms with Crippen LogP contribution in [0, 0.1) is 0 Å². The Morgan fingerprint density at radius 1 is 0.810 bits per heavy atom. The first kappa shape index (κ1) is 12.2. The molecule has 0 atom stereocenters. The molecule has 3 aromatic rings. The average Bonchev–Trinajstić information content (AvgIpc) is 2.54. The lowest BCUT2D eigenvalue weighted by Gasteiger charge is -2.24. The van der Waals surface area contributed by atoms with E-state index in [2.05, 4.69) is 90.3 Å². The molecule has 0 bridgehead atoms. The van der Waals surface area contributed by atoms with Crippen molar-refractivity contribution < 1.29 is 4.58 Å². The lowest BCUT2D eigenvalue weighted by Crippen LogP contribution is -2.36. The Hall–Kier alpha value is -2.61. The minimum absolute atomic E-state index is 1.21. The third-order valence-corrected chi connectivity index (χ3v) is 4.25. The molecule has 0 amide bonds. The first-order valence-corrected chi connectivity index (χ1v) is 7.19. The Morgan fingerprint density at radius 3 is 2.29 bits per heavy atom. The fraction of sp³-hybridized carbons (Fsp3) is 0.105. The zero-order valence-electron chi connectivity index (χ0n) is 12.2. The first-order chi connectivity index (χ1) is 10.3. The predicted octanol–water partition coefficient (Wildman–Crippen LogP) is 4.01. The highest BCUT2D eigenvalue weighted by Crippen LogP contribution is 2.37. The van der Waals surface area contributed by atoms with Gasteiger partial charge >= 0.3 is 0 Å². The second-order valence-electron chi connectivity index (χ2n) is 5.46. The molecule has 0 saturated carbocycles. The number of benzene rings is 3. The second kappa shape index (κ2) is 4.45. The van der Waals surface area contributed by atoms with E-state index in [4.69, 9.17) is 0 Å². The summed E-state index contributed by atoms with van der Waals surface area (Å²) in [7, 11) is 4.28. The maximum atomic E-state index is 2.28. The SMILES string of the molecule is CN1C(c2ccccc2)=[N+](C)c2cccc3cccc1c23. The van der Waals surface area contributed by atoms with E-state index in [0.717, 1.165) is 0 Å². The lowest BCUT2D eigenvalue weighted by atomic mass is 10.0. The smallest absolute Gasteiger partial charge is 0.229 e. The number of nitrogens with zero attached hydrogens (tertiary/aromatic N) is 2. The topological polar surface area (TPSA) is 6.25 Å². The summed E-state index contributed by atoms with van der Waals surface area (Å²) in [5, 5.41) is 2.61. The molecule has 102 valence electrons. The Morgan fingerprint density at radius 2 is 1.52 bits per heavy atom. The van der Waals surface area contributed by atoms with Crippen molar-refractivity contribution >= 4 is 28.0 Å². The fourth-order valence-corrected chi connectivity index (χ4v) is 3.29. The summed E-state index contributed by atoms with van der Waals surface area (Å²) in [5.74, 6) is 1.21. The zero-order valence-corrected chi connectivity index (χ0v) is 12.2. The first-order valence-electron chi connectivity index (χ1n) is 7.19. The monoisotopic (exact) mass is 273 g/mol. The molecule has 1 aliphatic heterocycles. The van der Waals surface area contributed by atoms with E-state index in [1.165, 1.54) is 33.5 Å². The molecule has 0 N–H and O–H groups in total. The van der Waals surface area contributed by atoms with Gasteiger partial charge in [0.25, 0.3) is 5.84 Å². The minimum Gasteiger partial charge on any atom is -0.229 e. The van der Waals surface area contributed by atoms with Crippen molar-refractivity contribution in [2.45, 2.75) is 0 Å². The molecule has 4 rings (SSSR count). The van der Waals surface area contributed by atoms with E-state index in [-0.39, 0.29) is 0 Å².